The Labute approximate surface area is 194 Å². The molecule has 0 aromatic heterocycles. The summed E-state index contributed by atoms with van der Waals surface area (Å²) < 4.78 is 33.6. The normalized spacial score (nSPS) is 22.6. The molecule has 2 fully saturated rings. The number of ether oxygens (including phenoxy) is 1. The molecule has 2 rings (SSSR count). The van der Waals surface area contributed by atoms with Gasteiger partial charge in [0.05, 0.1) is 24.3 Å². The SMILES string of the molecule is CC1(C)CCC(N(C(=O)C(C)(C)COS(C)(=O)=O)[C@H]2CCN(C(=O)OC(C)(C)C)C2)CC1. The van der Waals surface area contributed by atoms with Crippen molar-refractivity contribution in [3.05, 3.63) is 0 Å². The van der Waals surface area contributed by atoms with Gasteiger partial charge in [-0.15, -0.1) is 0 Å². The van der Waals surface area contributed by atoms with Gasteiger partial charge in [0, 0.05) is 19.1 Å². The van der Waals surface area contributed by atoms with E-state index in [1.165, 1.54) is 0 Å². The highest BCUT2D eigenvalue weighted by Gasteiger charge is 2.44. The van der Waals surface area contributed by atoms with Crippen molar-refractivity contribution >= 4 is 22.1 Å². The van der Waals surface area contributed by atoms with Crippen LogP contribution >= 0.6 is 0 Å². The molecule has 1 saturated heterocycles. The summed E-state index contributed by atoms with van der Waals surface area (Å²) in [4.78, 5) is 29.9. The first-order valence-corrected chi connectivity index (χ1v) is 13.4. The van der Waals surface area contributed by atoms with Crippen molar-refractivity contribution in [1.82, 2.24) is 9.80 Å². The fraction of sp³-hybridized carbons (Fsp3) is 0.913. The Kier molecular flexibility index (Phi) is 7.97. The van der Waals surface area contributed by atoms with Gasteiger partial charge in [0.1, 0.15) is 5.60 Å². The number of rotatable bonds is 6. The van der Waals surface area contributed by atoms with Crippen LogP contribution in [0.2, 0.25) is 0 Å². The van der Waals surface area contributed by atoms with Crippen LogP contribution in [0.25, 0.3) is 0 Å². The van der Waals surface area contributed by atoms with Gasteiger partial charge < -0.3 is 14.5 Å². The molecule has 2 amide bonds. The Hall–Kier alpha value is -1.35. The van der Waals surface area contributed by atoms with Crippen molar-refractivity contribution in [3.8, 4) is 0 Å². The monoisotopic (exact) mass is 474 g/mol. The average molecular weight is 475 g/mol. The Morgan fingerprint density at radius 1 is 1.03 bits per heavy atom. The molecular weight excluding hydrogens is 432 g/mol. The first-order valence-electron chi connectivity index (χ1n) is 11.6. The highest BCUT2D eigenvalue weighted by atomic mass is 32.2. The minimum absolute atomic E-state index is 0.0663. The first kappa shape index (κ1) is 26.9. The summed E-state index contributed by atoms with van der Waals surface area (Å²) in [5, 5.41) is 0. The van der Waals surface area contributed by atoms with E-state index in [0.717, 1.165) is 31.9 Å². The minimum atomic E-state index is -3.65. The molecule has 9 heteroatoms. The summed E-state index contributed by atoms with van der Waals surface area (Å²) in [6.07, 6.45) is 5.12. The molecule has 1 aliphatic carbocycles. The molecule has 186 valence electrons. The van der Waals surface area contributed by atoms with Crippen LogP contribution in [0.3, 0.4) is 0 Å². The van der Waals surface area contributed by atoms with Crippen LogP contribution in [0.4, 0.5) is 4.79 Å². The Morgan fingerprint density at radius 3 is 2.09 bits per heavy atom. The molecule has 0 spiro atoms. The zero-order valence-electron chi connectivity index (χ0n) is 21.1. The van der Waals surface area contributed by atoms with E-state index in [9.17, 15) is 18.0 Å². The number of carbonyl (C=O) groups excluding carboxylic acids is 2. The molecule has 0 unspecified atom stereocenters. The van der Waals surface area contributed by atoms with E-state index in [1.54, 1.807) is 18.7 Å². The van der Waals surface area contributed by atoms with Crippen LogP contribution < -0.4 is 0 Å². The molecule has 0 N–H and O–H groups in total. The fourth-order valence-electron chi connectivity index (χ4n) is 4.42. The van der Waals surface area contributed by atoms with E-state index >= 15 is 0 Å². The zero-order valence-corrected chi connectivity index (χ0v) is 21.9. The maximum atomic E-state index is 13.8. The Bertz CT molecular complexity index is 790. The lowest BCUT2D eigenvalue weighted by molar-refractivity contribution is -0.148. The third-order valence-corrected chi connectivity index (χ3v) is 6.90. The van der Waals surface area contributed by atoms with Crippen LogP contribution in [-0.2, 0) is 23.8 Å². The molecular formula is C23H42N2O6S. The van der Waals surface area contributed by atoms with Gasteiger partial charge >= 0.3 is 6.09 Å². The second-order valence-electron chi connectivity index (χ2n) is 11.8. The van der Waals surface area contributed by atoms with Gasteiger partial charge in [-0.25, -0.2) is 4.79 Å². The number of hydrogen-bond acceptors (Lipinski definition) is 6. The first-order chi connectivity index (χ1) is 14.4. The van der Waals surface area contributed by atoms with Gasteiger partial charge in [0.2, 0.25) is 5.91 Å². The van der Waals surface area contributed by atoms with Crippen LogP contribution in [0.5, 0.6) is 0 Å². The zero-order chi connectivity index (χ0) is 24.5. The fourth-order valence-corrected chi connectivity index (χ4v) is 4.93. The van der Waals surface area contributed by atoms with Crippen LogP contribution in [0.1, 0.15) is 80.6 Å². The third-order valence-electron chi connectivity index (χ3n) is 6.36. The summed E-state index contributed by atoms with van der Waals surface area (Å²) in [5.74, 6) is -0.123. The summed E-state index contributed by atoms with van der Waals surface area (Å²) in [7, 11) is -3.65. The van der Waals surface area contributed by atoms with Crippen molar-refractivity contribution in [2.75, 3.05) is 26.0 Å². The van der Waals surface area contributed by atoms with Gasteiger partial charge in [-0.2, -0.15) is 8.42 Å². The molecule has 32 heavy (non-hydrogen) atoms. The van der Waals surface area contributed by atoms with Crippen molar-refractivity contribution < 1.29 is 26.9 Å². The smallest absolute Gasteiger partial charge is 0.410 e. The Balaban J connectivity index is 2.22. The molecule has 1 aliphatic heterocycles. The number of carbonyl (C=O) groups is 2. The van der Waals surface area contributed by atoms with Gasteiger partial charge in [0.25, 0.3) is 10.1 Å². The number of amides is 2. The maximum absolute atomic E-state index is 13.8. The van der Waals surface area contributed by atoms with Gasteiger partial charge in [-0.1, -0.05) is 13.8 Å². The standard InChI is InChI=1S/C23H42N2O6S/c1-21(2,3)31-20(27)24-14-11-18(15-24)25(17-9-12-22(4,5)13-10-17)19(26)23(6,7)16-30-32(8,28)29/h17-18H,9-16H2,1-8H3/t18-/m0/s1. The van der Waals surface area contributed by atoms with E-state index in [0.29, 0.717) is 19.5 Å². The van der Waals surface area contributed by atoms with Crippen molar-refractivity contribution in [3.63, 3.8) is 0 Å². The van der Waals surface area contributed by atoms with Gasteiger partial charge in [0.15, 0.2) is 0 Å². The van der Waals surface area contributed by atoms with Crippen LogP contribution in [-0.4, -0.2) is 73.9 Å². The second-order valence-corrected chi connectivity index (χ2v) is 13.5. The quantitative estimate of drug-likeness (QED) is 0.544. The maximum Gasteiger partial charge on any atom is 0.410 e. The molecule has 0 aromatic rings. The Morgan fingerprint density at radius 2 is 1.59 bits per heavy atom. The van der Waals surface area contributed by atoms with Crippen molar-refractivity contribution in [2.45, 2.75) is 98.3 Å². The lowest BCUT2D eigenvalue weighted by Crippen LogP contribution is -2.55. The molecule has 2 aliphatic rings. The number of hydrogen-bond donors (Lipinski definition) is 0. The molecule has 0 radical (unpaired) electrons. The van der Waals surface area contributed by atoms with E-state index in [2.05, 4.69) is 13.8 Å². The average Bonchev–Trinajstić information content (AvgIpc) is 3.09. The third kappa shape index (κ3) is 7.61. The van der Waals surface area contributed by atoms with Crippen molar-refractivity contribution in [1.29, 1.82) is 0 Å². The second kappa shape index (κ2) is 9.49. The summed E-state index contributed by atoms with van der Waals surface area (Å²) in [5.41, 5.74) is -1.33. The van der Waals surface area contributed by atoms with E-state index in [-0.39, 0.29) is 36.1 Å². The number of nitrogens with zero attached hydrogens (tertiary/aromatic N) is 2. The molecule has 1 heterocycles. The van der Waals surface area contributed by atoms with Gasteiger partial charge in [-0.05, 0) is 72.1 Å². The molecule has 1 saturated carbocycles. The summed E-state index contributed by atoms with van der Waals surface area (Å²) in [6.45, 7) is 14.2. The summed E-state index contributed by atoms with van der Waals surface area (Å²) in [6, 6.07) is -0.0599. The highest BCUT2D eigenvalue weighted by Crippen LogP contribution is 2.39. The minimum Gasteiger partial charge on any atom is -0.444 e. The lowest BCUT2D eigenvalue weighted by atomic mass is 9.74. The molecule has 0 aromatic carbocycles. The van der Waals surface area contributed by atoms with Gasteiger partial charge in [-0.3, -0.25) is 8.98 Å². The van der Waals surface area contributed by atoms with Crippen LogP contribution in [0.15, 0.2) is 0 Å². The molecule has 8 nitrogen and oxygen atoms in total. The topological polar surface area (TPSA) is 93.2 Å². The van der Waals surface area contributed by atoms with Crippen LogP contribution in [0, 0.1) is 10.8 Å². The molecule has 0 bridgehead atoms. The van der Waals surface area contributed by atoms with E-state index in [4.69, 9.17) is 8.92 Å². The van der Waals surface area contributed by atoms with E-state index in [1.807, 2.05) is 25.7 Å². The van der Waals surface area contributed by atoms with E-state index < -0.39 is 21.1 Å². The number of likely N-dealkylation sites (tertiary alicyclic amines) is 1. The largest absolute Gasteiger partial charge is 0.444 e. The molecule has 1 atom stereocenters. The summed E-state index contributed by atoms with van der Waals surface area (Å²) >= 11 is 0. The lowest BCUT2D eigenvalue weighted by Gasteiger charge is -2.45. The van der Waals surface area contributed by atoms with Crippen molar-refractivity contribution in [2.24, 2.45) is 10.8 Å². The highest BCUT2D eigenvalue weighted by molar-refractivity contribution is 7.85. The predicted octanol–water partition coefficient (Wildman–Crippen LogP) is 3.80. The predicted molar refractivity (Wildman–Crippen MR) is 124 cm³/mol.